The van der Waals surface area contributed by atoms with Crippen molar-refractivity contribution >= 4 is 0 Å². The van der Waals surface area contributed by atoms with Gasteiger partial charge in [0, 0.05) is 0 Å². The van der Waals surface area contributed by atoms with Crippen molar-refractivity contribution in [2.45, 2.75) is 58.3 Å². The number of hydrogen-bond acceptors (Lipinski definition) is 0. The predicted octanol–water partition coefficient (Wildman–Crippen LogP) is 4.52. The average molecular weight is 179 g/mol. The van der Waals surface area contributed by atoms with Gasteiger partial charge in [0.2, 0.25) is 0 Å². The maximum Gasteiger partial charge on any atom is -0.0318 e. The van der Waals surface area contributed by atoms with E-state index in [1.54, 1.807) is 5.57 Å². The van der Waals surface area contributed by atoms with E-state index in [0.29, 0.717) is 0 Å². The van der Waals surface area contributed by atoms with Gasteiger partial charge in [-0.1, -0.05) is 44.8 Å². The molecule has 1 rings (SSSR count). The molecule has 0 fully saturated rings. The molecule has 1 atom stereocenters. The summed E-state index contributed by atoms with van der Waals surface area (Å²) in [7, 11) is 0. The molecule has 0 saturated carbocycles. The number of unbranched alkanes of at least 4 members (excludes halogenated alkanes) is 2. The van der Waals surface area contributed by atoms with Crippen molar-refractivity contribution in [3.8, 4) is 0 Å². The van der Waals surface area contributed by atoms with Crippen molar-refractivity contribution < 1.29 is 0 Å². The first-order valence-electron chi connectivity index (χ1n) is 5.84. The van der Waals surface area contributed by atoms with Gasteiger partial charge in [0.15, 0.2) is 0 Å². The summed E-state index contributed by atoms with van der Waals surface area (Å²) in [5.41, 5.74) is 1.72. The molecule has 0 aromatic rings. The van der Waals surface area contributed by atoms with Gasteiger partial charge in [0.05, 0.1) is 0 Å². The van der Waals surface area contributed by atoms with Crippen LogP contribution in [-0.2, 0) is 0 Å². The Morgan fingerprint density at radius 1 is 1.46 bits per heavy atom. The van der Waals surface area contributed by atoms with Gasteiger partial charge in [-0.25, -0.2) is 0 Å². The van der Waals surface area contributed by atoms with Gasteiger partial charge in [-0.2, -0.15) is 0 Å². The topological polar surface area (TPSA) is 0 Å². The lowest BCUT2D eigenvalue weighted by Crippen LogP contribution is -2.04. The van der Waals surface area contributed by atoms with Crippen LogP contribution in [0.4, 0.5) is 0 Å². The lowest BCUT2D eigenvalue weighted by atomic mass is 9.86. The molecule has 0 heterocycles. The Kier molecular flexibility index (Phi) is 5.19. The van der Waals surface area contributed by atoms with Gasteiger partial charge < -0.3 is 0 Å². The Labute approximate surface area is 83.4 Å². The molecule has 1 radical (unpaired) electrons. The quantitative estimate of drug-likeness (QED) is 0.430. The van der Waals surface area contributed by atoms with Gasteiger partial charge >= 0.3 is 0 Å². The monoisotopic (exact) mass is 179 g/mol. The van der Waals surface area contributed by atoms with Crippen LogP contribution >= 0.6 is 0 Å². The molecule has 0 bridgehead atoms. The van der Waals surface area contributed by atoms with Crippen LogP contribution in [0.25, 0.3) is 0 Å². The summed E-state index contributed by atoms with van der Waals surface area (Å²) in [5.74, 6) is 0.983. The molecular formula is C13H23. The zero-order chi connectivity index (χ0) is 9.52. The highest BCUT2D eigenvalue weighted by atomic mass is 14.2. The van der Waals surface area contributed by atoms with E-state index < -0.39 is 0 Å². The fraction of sp³-hybridized carbons (Fsp3) is 0.769. The summed E-state index contributed by atoms with van der Waals surface area (Å²) in [6.45, 7) is 6.19. The first kappa shape index (κ1) is 10.8. The molecule has 1 aliphatic carbocycles. The van der Waals surface area contributed by atoms with E-state index in [-0.39, 0.29) is 0 Å². The first-order valence-corrected chi connectivity index (χ1v) is 5.84. The van der Waals surface area contributed by atoms with Crippen molar-refractivity contribution in [3.63, 3.8) is 0 Å². The number of hydrogen-bond donors (Lipinski definition) is 0. The lowest BCUT2D eigenvalue weighted by Gasteiger charge is -2.20. The Hall–Kier alpha value is -0.260. The van der Waals surface area contributed by atoms with Crippen LogP contribution in [0.3, 0.4) is 0 Å². The highest BCUT2D eigenvalue weighted by Gasteiger charge is 2.11. The Morgan fingerprint density at radius 3 is 2.85 bits per heavy atom. The minimum atomic E-state index is 0.983. The van der Waals surface area contributed by atoms with E-state index in [2.05, 4.69) is 19.9 Å². The van der Waals surface area contributed by atoms with Crippen LogP contribution in [0.5, 0.6) is 0 Å². The number of allylic oxidation sites excluding steroid dienone is 2. The minimum absolute atomic E-state index is 0.983. The second-order valence-corrected chi connectivity index (χ2v) is 4.22. The smallest absolute Gasteiger partial charge is 0.0318 e. The summed E-state index contributed by atoms with van der Waals surface area (Å²) in [6, 6.07) is 0. The molecular weight excluding hydrogens is 156 g/mol. The molecule has 0 aromatic carbocycles. The Balaban J connectivity index is 2.17. The zero-order valence-corrected chi connectivity index (χ0v) is 9.02. The molecule has 13 heavy (non-hydrogen) atoms. The van der Waals surface area contributed by atoms with Crippen LogP contribution in [0.1, 0.15) is 58.3 Å². The van der Waals surface area contributed by atoms with Gasteiger partial charge in [0.25, 0.3) is 0 Å². The van der Waals surface area contributed by atoms with E-state index >= 15 is 0 Å². The van der Waals surface area contributed by atoms with Gasteiger partial charge in [-0.05, 0) is 38.0 Å². The highest BCUT2D eigenvalue weighted by molar-refractivity contribution is 5.06. The van der Waals surface area contributed by atoms with Crippen LogP contribution < -0.4 is 0 Å². The van der Waals surface area contributed by atoms with Gasteiger partial charge in [-0.15, -0.1) is 0 Å². The highest BCUT2D eigenvalue weighted by Crippen LogP contribution is 2.28. The minimum Gasteiger partial charge on any atom is -0.0851 e. The molecule has 0 spiro atoms. The van der Waals surface area contributed by atoms with Crippen LogP contribution in [0.15, 0.2) is 11.6 Å². The summed E-state index contributed by atoms with van der Waals surface area (Å²) in [6.07, 6.45) is 13.1. The van der Waals surface area contributed by atoms with Crippen molar-refractivity contribution in [3.05, 3.63) is 18.6 Å². The third-order valence-corrected chi connectivity index (χ3v) is 3.19. The van der Waals surface area contributed by atoms with E-state index in [1.165, 1.54) is 44.9 Å². The van der Waals surface area contributed by atoms with Crippen molar-refractivity contribution in [1.82, 2.24) is 0 Å². The zero-order valence-electron chi connectivity index (χ0n) is 9.02. The molecule has 1 unspecified atom stereocenters. The summed E-state index contributed by atoms with van der Waals surface area (Å²) < 4.78 is 0. The molecule has 0 nitrogen and oxygen atoms in total. The summed E-state index contributed by atoms with van der Waals surface area (Å²) >= 11 is 0. The largest absolute Gasteiger partial charge is 0.0851 e. The van der Waals surface area contributed by atoms with E-state index in [9.17, 15) is 0 Å². The van der Waals surface area contributed by atoms with Crippen molar-refractivity contribution in [2.24, 2.45) is 5.92 Å². The third-order valence-electron chi connectivity index (χ3n) is 3.19. The molecule has 0 saturated heterocycles. The van der Waals surface area contributed by atoms with Gasteiger partial charge in [-0.3, -0.25) is 0 Å². The van der Waals surface area contributed by atoms with Crippen LogP contribution in [0, 0.1) is 12.8 Å². The van der Waals surface area contributed by atoms with E-state index in [1.807, 2.05) is 0 Å². The predicted molar refractivity (Wildman–Crippen MR) is 59.5 cm³/mol. The fourth-order valence-electron chi connectivity index (χ4n) is 2.07. The van der Waals surface area contributed by atoms with E-state index in [4.69, 9.17) is 0 Å². The molecule has 0 aliphatic heterocycles. The second-order valence-electron chi connectivity index (χ2n) is 4.22. The standard InChI is InChI=1S/C13H23/c1-3-5-6-7-13-10-8-12(4-2)9-11-13/h10,12H,1,3-9,11H2,2H3. The first-order chi connectivity index (χ1) is 6.36. The maximum atomic E-state index is 3.87. The molecule has 75 valence electrons. The third kappa shape index (κ3) is 3.97. The van der Waals surface area contributed by atoms with Crippen LogP contribution in [-0.4, -0.2) is 0 Å². The van der Waals surface area contributed by atoms with E-state index in [0.717, 1.165) is 12.3 Å². The summed E-state index contributed by atoms with van der Waals surface area (Å²) in [4.78, 5) is 0. The molecule has 0 aromatic heterocycles. The summed E-state index contributed by atoms with van der Waals surface area (Å²) in [5, 5.41) is 0. The molecule has 1 aliphatic rings. The Bertz CT molecular complexity index is 155. The van der Waals surface area contributed by atoms with Crippen LogP contribution in [0.2, 0.25) is 0 Å². The number of rotatable bonds is 5. The molecule has 0 heteroatoms. The second kappa shape index (κ2) is 6.23. The normalized spacial score (nSPS) is 22.9. The fourth-order valence-corrected chi connectivity index (χ4v) is 2.07. The van der Waals surface area contributed by atoms with Crippen molar-refractivity contribution in [1.29, 1.82) is 0 Å². The molecule has 0 amide bonds. The maximum absolute atomic E-state index is 3.87. The Morgan fingerprint density at radius 2 is 2.31 bits per heavy atom. The molecule has 0 N–H and O–H groups in total. The van der Waals surface area contributed by atoms with Crippen molar-refractivity contribution in [2.75, 3.05) is 0 Å². The SMILES string of the molecule is [CH2]CCCCC1=CCC(CC)CC1. The average Bonchev–Trinajstić information content (AvgIpc) is 2.19. The lowest BCUT2D eigenvalue weighted by molar-refractivity contribution is 0.449. The van der Waals surface area contributed by atoms with Gasteiger partial charge in [0.1, 0.15) is 0 Å².